The van der Waals surface area contributed by atoms with Crippen LogP contribution in [0.25, 0.3) is 0 Å². The zero-order chi connectivity index (χ0) is 17.4. The van der Waals surface area contributed by atoms with Crippen molar-refractivity contribution in [3.8, 4) is 5.88 Å². The van der Waals surface area contributed by atoms with Crippen molar-refractivity contribution in [2.75, 3.05) is 26.7 Å². The monoisotopic (exact) mass is 344 g/mol. The van der Waals surface area contributed by atoms with Gasteiger partial charge in [0.1, 0.15) is 11.6 Å². The molecule has 2 N–H and O–H groups in total. The Morgan fingerprint density at radius 2 is 2.20 bits per heavy atom. The van der Waals surface area contributed by atoms with E-state index in [0.717, 1.165) is 43.4 Å². The maximum absolute atomic E-state index is 13.2. The summed E-state index contributed by atoms with van der Waals surface area (Å²) in [5.74, 6) is 0.123. The van der Waals surface area contributed by atoms with Crippen LogP contribution >= 0.6 is 0 Å². The highest BCUT2D eigenvalue weighted by Crippen LogP contribution is 2.28. The Morgan fingerprint density at radius 1 is 1.36 bits per heavy atom. The highest BCUT2D eigenvalue weighted by Gasteiger charge is 2.36. The van der Waals surface area contributed by atoms with E-state index in [2.05, 4.69) is 15.6 Å². The predicted molar refractivity (Wildman–Crippen MR) is 91.7 cm³/mol. The number of carbonyl (C=O) groups is 2. The molecule has 1 unspecified atom stereocenters. The number of amides is 2. The van der Waals surface area contributed by atoms with E-state index in [-0.39, 0.29) is 17.9 Å². The average molecular weight is 344 g/mol. The van der Waals surface area contributed by atoms with Gasteiger partial charge in [-0.3, -0.25) is 9.59 Å². The number of nitrogens with one attached hydrogen (secondary N) is 2. The minimum absolute atomic E-state index is 0.0730. The van der Waals surface area contributed by atoms with Crippen LogP contribution in [0.5, 0.6) is 5.88 Å². The van der Waals surface area contributed by atoms with Crippen LogP contribution in [-0.2, 0) is 17.6 Å². The maximum atomic E-state index is 13.2. The Bertz CT molecular complexity index is 702. The lowest BCUT2D eigenvalue weighted by molar-refractivity contribution is -0.126. The molecular weight excluding hydrogens is 320 g/mol. The fraction of sp³-hybridized carbons (Fsp3) is 0.611. The Hall–Kier alpha value is -2.15. The van der Waals surface area contributed by atoms with Gasteiger partial charge in [0.2, 0.25) is 11.8 Å². The molecule has 4 rings (SSSR count). The number of carbonyl (C=O) groups excluding carboxylic acids is 2. The smallest absolute Gasteiger partial charge is 0.260 e. The minimum Gasteiger partial charge on any atom is -0.480 e. The van der Waals surface area contributed by atoms with Gasteiger partial charge in [-0.15, -0.1) is 0 Å². The van der Waals surface area contributed by atoms with Gasteiger partial charge in [0.05, 0.1) is 7.11 Å². The van der Waals surface area contributed by atoms with E-state index in [0.29, 0.717) is 31.1 Å². The van der Waals surface area contributed by atoms with E-state index in [1.54, 1.807) is 4.90 Å². The molecule has 1 saturated carbocycles. The van der Waals surface area contributed by atoms with Crippen molar-refractivity contribution in [1.29, 1.82) is 0 Å². The number of methoxy groups -OCH3 is 1. The molecule has 0 bridgehead atoms. The summed E-state index contributed by atoms with van der Waals surface area (Å²) < 4.78 is 5.38. The standard InChI is InChI=1S/C18H24N4O3/c1-25-17-13(9-11-3-2-4-14(11)21-17)18(24)22-8-7-19-10-15(22)16(23)20-12-5-6-12/h9,12,15,19H,2-8,10H2,1H3,(H,20,23). The summed E-state index contributed by atoms with van der Waals surface area (Å²) in [7, 11) is 1.54. The Balaban J connectivity index is 1.60. The summed E-state index contributed by atoms with van der Waals surface area (Å²) in [4.78, 5) is 31.9. The Kier molecular flexibility index (Phi) is 4.33. The third-order valence-electron chi connectivity index (χ3n) is 5.17. The molecule has 0 spiro atoms. The second kappa shape index (κ2) is 6.63. The van der Waals surface area contributed by atoms with Crippen molar-refractivity contribution in [1.82, 2.24) is 20.5 Å². The molecular formula is C18H24N4O3. The molecule has 3 aliphatic rings. The van der Waals surface area contributed by atoms with Gasteiger partial charge in [-0.1, -0.05) is 0 Å². The molecule has 25 heavy (non-hydrogen) atoms. The zero-order valence-corrected chi connectivity index (χ0v) is 14.5. The van der Waals surface area contributed by atoms with Gasteiger partial charge >= 0.3 is 0 Å². The fourth-order valence-electron chi connectivity index (χ4n) is 3.62. The first-order valence-electron chi connectivity index (χ1n) is 9.06. The van der Waals surface area contributed by atoms with Crippen LogP contribution in [0.15, 0.2) is 6.07 Å². The van der Waals surface area contributed by atoms with Crippen LogP contribution in [0.3, 0.4) is 0 Å². The molecule has 7 heteroatoms. The van der Waals surface area contributed by atoms with Crippen LogP contribution in [0, 0.1) is 0 Å². The first kappa shape index (κ1) is 16.3. The lowest BCUT2D eigenvalue weighted by Gasteiger charge is -2.35. The van der Waals surface area contributed by atoms with E-state index in [9.17, 15) is 9.59 Å². The Morgan fingerprint density at radius 3 is 2.96 bits per heavy atom. The molecule has 7 nitrogen and oxygen atoms in total. The number of hydrogen-bond acceptors (Lipinski definition) is 5. The van der Waals surface area contributed by atoms with Crippen LogP contribution in [-0.4, -0.2) is 60.5 Å². The number of pyridine rings is 1. The molecule has 0 aromatic carbocycles. The first-order valence-corrected chi connectivity index (χ1v) is 9.06. The highest BCUT2D eigenvalue weighted by molar-refractivity contribution is 5.99. The minimum atomic E-state index is -0.486. The second-order valence-corrected chi connectivity index (χ2v) is 7.01. The number of hydrogen-bond donors (Lipinski definition) is 2. The Labute approximate surface area is 147 Å². The maximum Gasteiger partial charge on any atom is 0.260 e. The van der Waals surface area contributed by atoms with Crippen LogP contribution in [0.4, 0.5) is 0 Å². The molecule has 2 amide bonds. The van der Waals surface area contributed by atoms with Crippen LogP contribution in [0.1, 0.15) is 40.9 Å². The molecule has 1 aromatic heterocycles. The van der Waals surface area contributed by atoms with Gasteiger partial charge in [-0.05, 0) is 43.7 Å². The molecule has 2 fully saturated rings. The summed E-state index contributed by atoms with van der Waals surface area (Å²) in [6.07, 6.45) is 4.99. The summed E-state index contributed by atoms with van der Waals surface area (Å²) in [5, 5.41) is 6.22. The number of nitrogens with zero attached hydrogens (tertiary/aromatic N) is 2. The molecule has 0 radical (unpaired) electrons. The third kappa shape index (κ3) is 3.20. The van der Waals surface area contributed by atoms with Crippen LogP contribution < -0.4 is 15.4 Å². The summed E-state index contributed by atoms with van der Waals surface area (Å²) in [6.45, 7) is 1.66. The lowest BCUT2D eigenvalue weighted by Crippen LogP contribution is -2.59. The van der Waals surface area contributed by atoms with Gasteiger partial charge in [0.25, 0.3) is 5.91 Å². The number of fused-ring (bicyclic) bond motifs is 1. The van der Waals surface area contributed by atoms with Crippen molar-refractivity contribution in [2.24, 2.45) is 0 Å². The van der Waals surface area contributed by atoms with E-state index >= 15 is 0 Å². The molecule has 134 valence electrons. The number of piperazine rings is 1. The normalized spacial score (nSPS) is 22.4. The van der Waals surface area contributed by atoms with E-state index in [1.165, 1.54) is 7.11 Å². The lowest BCUT2D eigenvalue weighted by atomic mass is 10.1. The van der Waals surface area contributed by atoms with E-state index < -0.39 is 6.04 Å². The van der Waals surface area contributed by atoms with Gasteiger partial charge in [0, 0.05) is 31.4 Å². The van der Waals surface area contributed by atoms with Gasteiger partial charge in [-0.25, -0.2) is 4.98 Å². The molecule has 2 heterocycles. The number of aryl methyl sites for hydroxylation is 2. The van der Waals surface area contributed by atoms with Crippen molar-refractivity contribution in [3.05, 3.63) is 22.9 Å². The van der Waals surface area contributed by atoms with Gasteiger partial charge in [-0.2, -0.15) is 0 Å². The summed E-state index contributed by atoms with van der Waals surface area (Å²) in [5.41, 5.74) is 2.62. The number of aromatic nitrogens is 1. The second-order valence-electron chi connectivity index (χ2n) is 7.01. The largest absolute Gasteiger partial charge is 0.480 e. The van der Waals surface area contributed by atoms with Crippen molar-refractivity contribution in [3.63, 3.8) is 0 Å². The number of ether oxygens (including phenoxy) is 1. The molecule has 1 saturated heterocycles. The van der Waals surface area contributed by atoms with E-state index in [1.807, 2.05) is 6.07 Å². The van der Waals surface area contributed by atoms with E-state index in [4.69, 9.17) is 4.74 Å². The molecule has 1 aromatic rings. The fourth-order valence-corrected chi connectivity index (χ4v) is 3.62. The quantitative estimate of drug-likeness (QED) is 0.819. The zero-order valence-electron chi connectivity index (χ0n) is 14.5. The third-order valence-corrected chi connectivity index (χ3v) is 5.17. The summed E-state index contributed by atoms with van der Waals surface area (Å²) in [6, 6.07) is 1.70. The van der Waals surface area contributed by atoms with Gasteiger partial charge < -0.3 is 20.3 Å². The topological polar surface area (TPSA) is 83.6 Å². The first-order chi connectivity index (χ1) is 12.2. The van der Waals surface area contributed by atoms with Crippen molar-refractivity contribution < 1.29 is 14.3 Å². The van der Waals surface area contributed by atoms with Crippen LogP contribution in [0.2, 0.25) is 0 Å². The predicted octanol–water partition coefficient (Wildman–Crippen LogP) is 0.272. The molecule has 1 atom stereocenters. The molecule has 2 aliphatic carbocycles. The highest BCUT2D eigenvalue weighted by atomic mass is 16.5. The van der Waals surface area contributed by atoms with Crippen molar-refractivity contribution in [2.45, 2.75) is 44.2 Å². The average Bonchev–Trinajstić information content (AvgIpc) is 3.33. The summed E-state index contributed by atoms with van der Waals surface area (Å²) >= 11 is 0. The SMILES string of the molecule is COc1nc2c(cc1C(=O)N1CCNCC1C(=O)NC1CC1)CCC2. The molecule has 1 aliphatic heterocycles. The van der Waals surface area contributed by atoms with Gasteiger partial charge in [0.15, 0.2) is 0 Å². The number of rotatable bonds is 4. The van der Waals surface area contributed by atoms with Crippen molar-refractivity contribution >= 4 is 11.8 Å².